The van der Waals surface area contributed by atoms with Gasteiger partial charge >= 0.3 is 0 Å². The van der Waals surface area contributed by atoms with Gasteiger partial charge in [-0.25, -0.2) is 8.51 Å². The van der Waals surface area contributed by atoms with Gasteiger partial charge in [-0.15, -0.1) is 0 Å². The molecule has 3 heteroatoms. The van der Waals surface area contributed by atoms with Crippen LogP contribution in [0.15, 0.2) is 29.2 Å². The van der Waals surface area contributed by atoms with Crippen LogP contribution in [0.4, 0.5) is 0 Å². The number of fused-ring (bicyclic) bond motifs is 1. The van der Waals surface area contributed by atoms with E-state index in [9.17, 15) is 4.21 Å². The van der Waals surface area contributed by atoms with Crippen LogP contribution in [0.2, 0.25) is 0 Å². The van der Waals surface area contributed by atoms with Gasteiger partial charge in [-0.2, -0.15) is 0 Å². The van der Waals surface area contributed by atoms with Crippen LogP contribution in [0, 0.1) is 0 Å². The molecule has 1 aromatic rings. The summed E-state index contributed by atoms with van der Waals surface area (Å²) in [5.74, 6) is 0. The van der Waals surface area contributed by atoms with Crippen molar-refractivity contribution >= 4 is 11.0 Å². The van der Waals surface area contributed by atoms with Gasteiger partial charge in [0, 0.05) is 12.6 Å². The Bertz CT molecular complexity index is 412. The summed E-state index contributed by atoms with van der Waals surface area (Å²) in [6, 6.07) is 8.69. The van der Waals surface area contributed by atoms with Gasteiger partial charge < -0.3 is 0 Å². The van der Waals surface area contributed by atoms with E-state index >= 15 is 0 Å². The van der Waals surface area contributed by atoms with Gasteiger partial charge in [0.2, 0.25) is 0 Å². The number of hydrogen-bond acceptors (Lipinski definition) is 1. The molecule has 0 bridgehead atoms. The van der Waals surface area contributed by atoms with Crippen LogP contribution in [0.1, 0.15) is 37.7 Å². The van der Waals surface area contributed by atoms with Gasteiger partial charge in [0.05, 0.1) is 4.90 Å². The summed E-state index contributed by atoms with van der Waals surface area (Å²) in [7, 11) is -0.900. The molecule has 86 valence electrons. The van der Waals surface area contributed by atoms with Crippen molar-refractivity contribution in [3.8, 4) is 0 Å². The molecular weight excluding hydrogens is 218 g/mol. The van der Waals surface area contributed by atoms with Crippen molar-refractivity contribution in [3.63, 3.8) is 0 Å². The molecule has 1 aliphatic carbocycles. The largest absolute Gasteiger partial charge is 0.237 e. The Kier molecular flexibility index (Phi) is 2.82. The van der Waals surface area contributed by atoms with Crippen molar-refractivity contribution in [2.24, 2.45) is 0 Å². The van der Waals surface area contributed by atoms with Crippen molar-refractivity contribution in [3.05, 3.63) is 29.8 Å². The summed E-state index contributed by atoms with van der Waals surface area (Å²) >= 11 is 0. The smallest absolute Gasteiger partial charge is 0.128 e. The van der Waals surface area contributed by atoms with Gasteiger partial charge in [0.15, 0.2) is 0 Å². The molecule has 0 aromatic heterocycles. The Labute approximate surface area is 99.2 Å². The molecule has 0 N–H and O–H groups in total. The van der Waals surface area contributed by atoms with E-state index in [1.165, 1.54) is 37.7 Å². The van der Waals surface area contributed by atoms with Crippen molar-refractivity contribution in [2.75, 3.05) is 0 Å². The van der Waals surface area contributed by atoms with Gasteiger partial charge in [-0.1, -0.05) is 37.5 Å². The van der Waals surface area contributed by atoms with Crippen molar-refractivity contribution in [1.29, 1.82) is 0 Å². The Balaban J connectivity index is 1.83. The minimum Gasteiger partial charge on any atom is -0.237 e. The lowest BCUT2D eigenvalue weighted by molar-refractivity contribution is 0.265. The van der Waals surface area contributed by atoms with Crippen molar-refractivity contribution in [2.45, 2.75) is 49.6 Å². The first-order valence-corrected chi connectivity index (χ1v) is 7.23. The van der Waals surface area contributed by atoms with Crippen molar-refractivity contribution in [1.82, 2.24) is 4.31 Å². The lowest BCUT2D eigenvalue weighted by Crippen LogP contribution is -2.34. The number of hydrogen-bond donors (Lipinski definition) is 0. The minimum absolute atomic E-state index is 0.544. The summed E-state index contributed by atoms with van der Waals surface area (Å²) in [5.41, 5.74) is 1.26. The van der Waals surface area contributed by atoms with E-state index in [0.29, 0.717) is 6.04 Å². The Morgan fingerprint density at radius 2 is 1.88 bits per heavy atom. The Morgan fingerprint density at radius 3 is 2.62 bits per heavy atom. The third kappa shape index (κ3) is 1.72. The first kappa shape index (κ1) is 10.5. The topological polar surface area (TPSA) is 20.3 Å². The molecule has 1 saturated carbocycles. The molecule has 16 heavy (non-hydrogen) atoms. The standard InChI is InChI=1S/C13H17NOS/c15-16-13-9-5-4-6-11(13)10-14(16)12-7-2-1-3-8-12/h4-6,9,12H,1-3,7-8,10H2. The Hall–Kier alpha value is -0.670. The van der Waals surface area contributed by atoms with E-state index in [4.69, 9.17) is 0 Å². The summed E-state index contributed by atoms with van der Waals surface area (Å²) < 4.78 is 14.5. The average molecular weight is 235 g/mol. The highest BCUT2D eigenvalue weighted by molar-refractivity contribution is 7.83. The van der Waals surface area contributed by atoms with Crippen LogP contribution >= 0.6 is 0 Å². The molecule has 1 aromatic carbocycles. The molecular formula is C13H17NOS. The van der Waals surface area contributed by atoms with E-state index in [-0.39, 0.29) is 0 Å². The molecule has 1 fully saturated rings. The van der Waals surface area contributed by atoms with Gasteiger partial charge in [-0.05, 0) is 24.5 Å². The molecule has 0 radical (unpaired) electrons. The Morgan fingerprint density at radius 1 is 1.12 bits per heavy atom. The maximum Gasteiger partial charge on any atom is 0.128 e. The van der Waals surface area contributed by atoms with Crippen LogP contribution in [0.3, 0.4) is 0 Å². The highest BCUT2D eigenvalue weighted by Crippen LogP contribution is 2.33. The fraction of sp³-hybridized carbons (Fsp3) is 0.538. The van der Waals surface area contributed by atoms with E-state index in [1.54, 1.807) is 0 Å². The van der Waals surface area contributed by atoms with Crippen LogP contribution in [-0.2, 0) is 17.5 Å². The quantitative estimate of drug-likeness (QED) is 0.733. The third-order valence-corrected chi connectivity index (χ3v) is 5.31. The molecule has 1 unspecified atom stereocenters. The first-order valence-electron chi connectivity index (χ1n) is 6.13. The number of nitrogens with zero attached hydrogens (tertiary/aromatic N) is 1. The SMILES string of the molecule is O=S1c2ccccc2CN1C1CCCCC1. The predicted octanol–water partition coefficient (Wildman–Crippen LogP) is 2.86. The molecule has 0 saturated heterocycles. The highest BCUT2D eigenvalue weighted by atomic mass is 32.2. The monoisotopic (exact) mass is 235 g/mol. The zero-order valence-electron chi connectivity index (χ0n) is 9.39. The molecule has 2 nitrogen and oxygen atoms in total. The van der Waals surface area contributed by atoms with Crippen LogP contribution in [-0.4, -0.2) is 14.6 Å². The minimum atomic E-state index is -0.900. The highest BCUT2D eigenvalue weighted by Gasteiger charge is 2.32. The molecule has 1 heterocycles. The average Bonchev–Trinajstić information content (AvgIpc) is 2.69. The molecule has 0 spiro atoms. The fourth-order valence-corrected chi connectivity index (χ4v) is 4.33. The van der Waals surface area contributed by atoms with Gasteiger partial charge in [0.25, 0.3) is 0 Å². The zero-order valence-corrected chi connectivity index (χ0v) is 10.2. The molecule has 0 amide bonds. The summed E-state index contributed by atoms with van der Waals surface area (Å²) in [6.45, 7) is 0.882. The van der Waals surface area contributed by atoms with E-state index in [2.05, 4.69) is 10.4 Å². The van der Waals surface area contributed by atoms with E-state index in [0.717, 1.165) is 11.4 Å². The van der Waals surface area contributed by atoms with Crippen molar-refractivity contribution < 1.29 is 4.21 Å². The third-order valence-electron chi connectivity index (χ3n) is 3.68. The first-order chi connectivity index (χ1) is 7.86. The second kappa shape index (κ2) is 4.30. The fourth-order valence-electron chi connectivity index (χ4n) is 2.79. The lowest BCUT2D eigenvalue weighted by Gasteiger charge is -2.29. The zero-order chi connectivity index (χ0) is 11.0. The molecule has 1 aliphatic heterocycles. The number of benzene rings is 1. The predicted molar refractivity (Wildman–Crippen MR) is 65.3 cm³/mol. The normalized spacial score (nSPS) is 26.9. The molecule has 1 atom stereocenters. The van der Waals surface area contributed by atoms with Gasteiger partial charge in [0.1, 0.15) is 11.0 Å². The van der Waals surface area contributed by atoms with E-state index < -0.39 is 11.0 Å². The van der Waals surface area contributed by atoms with E-state index in [1.807, 2.05) is 18.2 Å². The van der Waals surface area contributed by atoms with Crippen LogP contribution in [0.25, 0.3) is 0 Å². The molecule has 3 rings (SSSR count). The second-order valence-corrected chi connectivity index (χ2v) is 6.13. The second-order valence-electron chi connectivity index (χ2n) is 4.72. The van der Waals surface area contributed by atoms with Crippen LogP contribution in [0.5, 0.6) is 0 Å². The summed E-state index contributed by atoms with van der Waals surface area (Å²) in [4.78, 5) is 1.04. The summed E-state index contributed by atoms with van der Waals surface area (Å²) in [6.07, 6.45) is 6.40. The van der Waals surface area contributed by atoms with Gasteiger partial charge in [-0.3, -0.25) is 0 Å². The molecule has 2 aliphatic rings. The summed E-state index contributed by atoms with van der Waals surface area (Å²) in [5, 5.41) is 0. The maximum absolute atomic E-state index is 12.3. The van der Waals surface area contributed by atoms with Crippen LogP contribution < -0.4 is 0 Å². The lowest BCUT2D eigenvalue weighted by atomic mass is 9.95. The maximum atomic E-state index is 12.3. The number of rotatable bonds is 1.